The first kappa shape index (κ1) is 16.8. The number of hydrogen-bond acceptors (Lipinski definition) is 8. The van der Waals surface area contributed by atoms with E-state index in [-0.39, 0.29) is 17.8 Å². The Morgan fingerprint density at radius 2 is 1.70 bits per heavy atom. The normalized spacial score (nSPS) is 11.8. The van der Waals surface area contributed by atoms with Gasteiger partial charge in [0.15, 0.2) is 5.16 Å². The maximum absolute atomic E-state index is 12.2. The van der Waals surface area contributed by atoms with Crippen molar-refractivity contribution in [2.45, 2.75) is 17.3 Å². The molecule has 0 bridgehead atoms. The van der Waals surface area contributed by atoms with Crippen LogP contribution in [0.25, 0.3) is 0 Å². The zero-order chi connectivity index (χ0) is 17.0. The van der Waals surface area contributed by atoms with E-state index in [0.717, 1.165) is 23.1 Å². The molecule has 0 aliphatic heterocycles. The summed E-state index contributed by atoms with van der Waals surface area (Å²) in [5.41, 5.74) is 12.8. The van der Waals surface area contributed by atoms with Crippen LogP contribution >= 0.6 is 11.8 Å². The summed E-state index contributed by atoms with van der Waals surface area (Å²) in [4.78, 5) is 25.8. The average Bonchev–Trinajstić information content (AvgIpc) is 2.46. The quantitative estimate of drug-likeness (QED) is 0.698. The third-order valence-corrected chi connectivity index (χ3v) is 3.91. The highest BCUT2D eigenvalue weighted by Gasteiger charge is 2.17. The number of carbonyl (C=O) groups is 1. The van der Waals surface area contributed by atoms with Crippen LogP contribution in [0.3, 0.4) is 0 Å². The number of benzene rings is 1. The van der Waals surface area contributed by atoms with Crippen molar-refractivity contribution >= 4 is 40.9 Å². The molecule has 0 saturated heterocycles. The summed E-state index contributed by atoms with van der Waals surface area (Å²) in [6.07, 6.45) is 0. The molecular formula is C14H19N7OS. The summed E-state index contributed by atoms with van der Waals surface area (Å²) in [6, 6.07) is 7.56. The van der Waals surface area contributed by atoms with Gasteiger partial charge in [-0.2, -0.15) is 15.0 Å². The number of nitrogen functional groups attached to an aromatic ring is 2. The fraction of sp³-hybridized carbons (Fsp3) is 0.286. The van der Waals surface area contributed by atoms with E-state index in [2.05, 4.69) is 20.3 Å². The van der Waals surface area contributed by atoms with Crippen LogP contribution < -0.4 is 21.7 Å². The molecule has 1 aromatic carbocycles. The zero-order valence-corrected chi connectivity index (χ0v) is 14.0. The average molecular weight is 333 g/mol. The van der Waals surface area contributed by atoms with Crippen LogP contribution in [0.15, 0.2) is 29.4 Å². The van der Waals surface area contributed by atoms with Crippen molar-refractivity contribution < 1.29 is 4.79 Å². The number of rotatable bonds is 5. The summed E-state index contributed by atoms with van der Waals surface area (Å²) in [5.74, 6) is -0.0936. The van der Waals surface area contributed by atoms with Crippen molar-refractivity contribution in [1.82, 2.24) is 15.0 Å². The number of nitrogens with zero attached hydrogens (tertiary/aromatic N) is 4. The van der Waals surface area contributed by atoms with E-state index >= 15 is 0 Å². The lowest BCUT2D eigenvalue weighted by Gasteiger charge is -2.14. The predicted octanol–water partition coefficient (Wildman–Crippen LogP) is 1.22. The Hall–Kier alpha value is -2.55. The highest BCUT2D eigenvalue weighted by Crippen LogP contribution is 2.22. The van der Waals surface area contributed by atoms with Crippen LogP contribution in [0.4, 0.5) is 23.3 Å². The fourth-order valence-corrected chi connectivity index (χ4v) is 2.51. The number of nitrogens with one attached hydrogen (secondary N) is 1. The second-order valence-corrected chi connectivity index (χ2v) is 6.33. The van der Waals surface area contributed by atoms with E-state index in [0.29, 0.717) is 5.16 Å². The second-order valence-electron chi connectivity index (χ2n) is 5.03. The maximum atomic E-state index is 12.2. The number of anilines is 4. The van der Waals surface area contributed by atoms with Gasteiger partial charge in [0.05, 0.1) is 5.25 Å². The lowest BCUT2D eigenvalue weighted by Crippen LogP contribution is -2.23. The van der Waals surface area contributed by atoms with Gasteiger partial charge in [-0.15, -0.1) is 0 Å². The number of nitrogens with two attached hydrogens (primary N) is 2. The van der Waals surface area contributed by atoms with Gasteiger partial charge in [-0.05, 0) is 31.2 Å². The lowest BCUT2D eigenvalue weighted by molar-refractivity contribution is -0.115. The van der Waals surface area contributed by atoms with Crippen LogP contribution in [0.5, 0.6) is 0 Å². The van der Waals surface area contributed by atoms with Crippen molar-refractivity contribution in [2.24, 2.45) is 0 Å². The monoisotopic (exact) mass is 333 g/mol. The minimum absolute atomic E-state index is 0.0342. The molecule has 0 unspecified atom stereocenters. The minimum Gasteiger partial charge on any atom is -0.378 e. The fourth-order valence-electron chi connectivity index (χ4n) is 1.74. The summed E-state index contributed by atoms with van der Waals surface area (Å²) in [7, 11) is 3.91. The largest absolute Gasteiger partial charge is 0.378 e. The van der Waals surface area contributed by atoms with Gasteiger partial charge in [-0.1, -0.05) is 11.8 Å². The van der Waals surface area contributed by atoms with Crippen molar-refractivity contribution in [3.63, 3.8) is 0 Å². The van der Waals surface area contributed by atoms with Gasteiger partial charge in [-0.25, -0.2) is 0 Å². The van der Waals surface area contributed by atoms with Crippen molar-refractivity contribution in [3.05, 3.63) is 24.3 Å². The number of aromatic nitrogens is 3. The SMILES string of the molecule is C[C@H](Sc1nc(N)nc(N)n1)C(=O)Nc1ccc(N(C)C)cc1. The first-order valence-corrected chi connectivity index (χ1v) is 7.75. The first-order chi connectivity index (χ1) is 10.8. The Balaban J connectivity index is 1.99. The van der Waals surface area contributed by atoms with E-state index in [4.69, 9.17) is 11.5 Å². The van der Waals surface area contributed by atoms with E-state index < -0.39 is 5.25 Å². The van der Waals surface area contributed by atoms with Gasteiger partial charge in [0.25, 0.3) is 0 Å². The number of amides is 1. The summed E-state index contributed by atoms with van der Waals surface area (Å²) >= 11 is 1.16. The third-order valence-electron chi connectivity index (χ3n) is 2.95. The Kier molecular flexibility index (Phi) is 5.22. The molecular weight excluding hydrogens is 314 g/mol. The van der Waals surface area contributed by atoms with E-state index in [1.165, 1.54) is 0 Å². The molecule has 1 amide bonds. The number of hydrogen-bond donors (Lipinski definition) is 3. The smallest absolute Gasteiger partial charge is 0.237 e. The Morgan fingerprint density at radius 3 is 2.22 bits per heavy atom. The zero-order valence-electron chi connectivity index (χ0n) is 13.1. The molecule has 2 aromatic rings. The molecule has 122 valence electrons. The second kappa shape index (κ2) is 7.14. The van der Waals surface area contributed by atoms with Crippen molar-refractivity contribution in [3.8, 4) is 0 Å². The van der Waals surface area contributed by atoms with Gasteiger partial charge >= 0.3 is 0 Å². The van der Waals surface area contributed by atoms with E-state index in [9.17, 15) is 4.79 Å². The van der Waals surface area contributed by atoms with E-state index in [1.54, 1.807) is 6.92 Å². The van der Waals surface area contributed by atoms with E-state index in [1.807, 2.05) is 43.3 Å². The number of carbonyl (C=O) groups excluding carboxylic acids is 1. The molecule has 0 spiro atoms. The number of thioether (sulfide) groups is 1. The van der Waals surface area contributed by atoms with Gasteiger partial charge in [0.1, 0.15) is 0 Å². The molecule has 23 heavy (non-hydrogen) atoms. The topological polar surface area (TPSA) is 123 Å². The highest BCUT2D eigenvalue weighted by molar-refractivity contribution is 8.00. The third kappa shape index (κ3) is 4.71. The molecule has 9 heteroatoms. The minimum atomic E-state index is -0.412. The maximum Gasteiger partial charge on any atom is 0.237 e. The van der Waals surface area contributed by atoms with Gasteiger partial charge in [0, 0.05) is 25.5 Å². The van der Waals surface area contributed by atoms with Gasteiger partial charge < -0.3 is 21.7 Å². The molecule has 0 saturated carbocycles. The van der Waals surface area contributed by atoms with Gasteiger partial charge in [-0.3, -0.25) is 4.79 Å². The molecule has 5 N–H and O–H groups in total. The van der Waals surface area contributed by atoms with Crippen LogP contribution in [0.2, 0.25) is 0 Å². The standard InChI is InChI=1S/C14H19N7OS/c1-8(23-14-19-12(15)18-13(16)20-14)11(22)17-9-4-6-10(7-5-9)21(2)3/h4-8H,1-3H3,(H,17,22)(H4,15,16,18,19,20)/t8-/m0/s1. The molecule has 1 atom stereocenters. The lowest BCUT2D eigenvalue weighted by atomic mass is 10.2. The molecule has 1 aromatic heterocycles. The van der Waals surface area contributed by atoms with Crippen molar-refractivity contribution in [2.75, 3.05) is 35.8 Å². The summed E-state index contributed by atoms with van der Waals surface area (Å²) in [6.45, 7) is 1.75. The Bertz CT molecular complexity index is 670. The summed E-state index contributed by atoms with van der Waals surface area (Å²) in [5, 5.41) is 2.75. The van der Waals surface area contributed by atoms with Crippen LogP contribution in [-0.4, -0.2) is 40.2 Å². The van der Waals surface area contributed by atoms with Crippen LogP contribution in [0.1, 0.15) is 6.92 Å². The molecule has 2 rings (SSSR count). The molecule has 8 nitrogen and oxygen atoms in total. The Morgan fingerprint density at radius 1 is 1.13 bits per heavy atom. The summed E-state index contributed by atoms with van der Waals surface area (Å²) < 4.78 is 0. The molecule has 0 aliphatic carbocycles. The van der Waals surface area contributed by atoms with Crippen LogP contribution in [-0.2, 0) is 4.79 Å². The predicted molar refractivity (Wildman–Crippen MR) is 93.4 cm³/mol. The molecule has 1 heterocycles. The van der Waals surface area contributed by atoms with Crippen LogP contribution in [0, 0.1) is 0 Å². The van der Waals surface area contributed by atoms with Gasteiger partial charge in [0.2, 0.25) is 17.8 Å². The molecule has 0 fully saturated rings. The first-order valence-electron chi connectivity index (χ1n) is 6.87. The Labute approximate surface area is 138 Å². The highest BCUT2D eigenvalue weighted by atomic mass is 32.2. The molecule has 0 aliphatic rings. The molecule has 0 radical (unpaired) electrons. The van der Waals surface area contributed by atoms with Crippen molar-refractivity contribution in [1.29, 1.82) is 0 Å².